The molecular weight excluding hydrogens is 376 g/mol. The average Bonchev–Trinajstić information content (AvgIpc) is 2.84. The van der Waals surface area contributed by atoms with Crippen molar-refractivity contribution in [2.45, 2.75) is 46.0 Å². The average molecular weight is 401 g/mol. The van der Waals surface area contributed by atoms with E-state index in [4.69, 9.17) is 0 Å². The van der Waals surface area contributed by atoms with Crippen LogP contribution < -0.4 is 10.6 Å². The molecule has 148 valence electrons. The fraction of sp³-hybridized carbons (Fsp3) is 0.381. The van der Waals surface area contributed by atoms with Crippen molar-refractivity contribution in [2.24, 2.45) is 0 Å². The number of ether oxygens (including phenoxy) is 1. The van der Waals surface area contributed by atoms with E-state index in [-0.39, 0.29) is 5.91 Å². The zero-order valence-corrected chi connectivity index (χ0v) is 17.1. The van der Waals surface area contributed by atoms with Crippen LogP contribution in [0.3, 0.4) is 0 Å². The lowest BCUT2D eigenvalue weighted by molar-refractivity contribution is 0.0937. The molecule has 0 unspecified atom stereocenters. The fourth-order valence-corrected chi connectivity index (χ4v) is 4.71. The number of imide groups is 1. The van der Waals surface area contributed by atoms with E-state index < -0.39 is 12.0 Å². The number of aryl methyl sites for hydroxylation is 3. The van der Waals surface area contributed by atoms with Crippen LogP contribution in [0.2, 0.25) is 0 Å². The van der Waals surface area contributed by atoms with Crippen LogP contribution in [0, 0.1) is 13.8 Å². The molecule has 2 aromatic rings. The van der Waals surface area contributed by atoms with Crippen LogP contribution in [0.1, 0.15) is 61.5 Å². The summed E-state index contributed by atoms with van der Waals surface area (Å²) in [5.74, 6) is -0.799. The van der Waals surface area contributed by atoms with Gasteiger partial charge in [-0.3, -0.25) is 14.9 Å². The van der Waals surface area contributed by atoms with E-state index in [9.17, 15) is 14.4 Å². The Labute approximate surface area is 168 Å². The molecular formula is C21H24N2O4S. The van der Waals surface area contributed by atoms with Gasteiger partial charge < -0.3 is 10.1 Å². The second-order valence-corrected chi connectivity index (χ2v) is 8.09. The molecule has 0 radical (unpaired) electrons. The quantitative estimate of drug-likeness (QED) is 0.749. The first-order valence-electron chi connectivity index (χ1n) is 9.33. The van der Waals surface area contributed by atoms with Crippen molar-refractivity contribution < 1.29 is 19.1 Å². The number of amides is 3. The number of alkyl carbamates (subject to hydrolysis) is 1. The molecule has 0 saturated carbocycles. The second kappa shape index (κ2) is 8.56. The van der Waals surface area contributed by atoms with Crippen LogP contribution in [0.15, 0.2) is 18.2 Å². The number of fused-ring (bicyclic) bond motifs is 1. The van der Waals surface area contributed by atoms with Crippen molar-refractivity contribution in [1.82, 2.24) is 5.32 Å². The van der Waals surface area contributed by atoms with Gasteiger partial charge in [-0.25, -0.2) is 4.79 Å². The van der Waals surface area contributed by atoms with Gasteiger partial charge in [0, 0.05) is 10.4 Å². The van der Waals surface area contributed by atoms with E-state index in [2.05, 4.69) is 15.4 Å². The summed E-state index contributed by atoms with van der Waals surface area (Å²) in [5, 5.41) is 5.63. The molecule has 1 aliphatic rings. The number of rotatable bonds is 3. The molecule has 0 aliphatic heterocycles. The maximum absolute atomic E-state index is 12.9. The Balaban J connectivity index is 1.97. The smallest absolute Gasteiger partial charge is 0.413 e. The fourth-order valence-electron chi connectivity index (χ4n) is 3.43. The monoisotopic (exact) mass is 400 g/mol. The normalized spacial score (nSPS) is 13.2. The van der Waals surface area contributed by atoms with Crippen LogP contribution >= 0.6 is 11.3 Å². The Morgan fingerprint density at radius 2 is 1.79 bits per heavy atom. The van der Waals surface area contributed by atoms with Gasteiger partial charge in [0.1, 0.15) is 5.00 Å². The van der Waals surface area contributed by atoms with Crippen molar-refractivity contribution >= 4 is 34.2 Å². The number of thiophene rings is 1. The summed E-state index contributed by atoms with van der Waals surface area (Å²) in [5.41, 5.74) is 3.73. The van der Waals surface area contributed by atoms with E-state index in [1.165, 1.54) is 18.4 Å². The first-order chi connectivity index (χ1) is 13.4. The molecule has 0 bridgehead atoms. The summed E-state index contributed by atoms with van der Waals surface area (Å²) in [6, 6.07) is 5.69. The highest BCUT2D eigenvalue weighted by atomic mass is 32.1. The van der Waals surface area contributed by atoms with Gasteiger partial charge in [0.2, 0.25) is 0 Å². The van der Waals surface area contributed by atoms with Crippen molar-refractivity contribution in [3.05, 3.63) is 50.9 Å². The van der Waals surface area contributed by atoms with Gasteiger partial charge in [-0.2, -0.15) is 0 Å². The zero-order valence-electron chi connectivity index (χ0n) is 16.3. The van der Waals surface area contributed by atoms with Crippen LogP contribution in [-0.2, 0) is 17.6 Å². The number of benzene rings is 1. The van der Waals surface area contributed by atoms with E-state index in [0.29, 0.717) is 16.1 Å². The zero-order chi connectivity index (χ0) is 20.3. The molecule has 6 nitrogen and oxygen atoms in total. The largest absolute Gasteiger partial charge is 0.453 e. The summed E-state index contributed by atoms with van der Waals surface area (Å²) in [7, 11) is 1.21. The van der Waals surface area contributed by atoms with Crippen molar-refractivity contribution in [3.8, 4) is 0 Å². The van der Waals surface area contributed by atoms with Gasteiger partial charge in [-0.15, -0.1) is 11.3 Å². The van der Waals surface area contributed by atoms with Crippen LogP contribution in [0.5, 0.6) is 0 Å². The van der Waals surface area contributed by atoms with E-state index in [0.717, 1.165) is 53.7 Å². The predicted octanol–water partition coefficient (Wildman–Crippen LogP) is 4.38. The number of anilines is 1. The maximum Gasteiger partial charge on any atom is 0.413 e. The summed E-state index contributed by atoms with van der Waals surface area (Å²) in [6.45, 7) is 3.81. The van der Waals surface area contributed by atoms with E-state index >= 15 is 0 Å². The van der Waals surface area contributed by atoms with Crippen LogP contribution in [0.4, 0.5) is 9.80 Å². The summed E-state index contributed by atoms with van der Waals surface area (Å²) < 4.78 is 4.55. The van der Waals surface area contributed by atoms with E-state index in [1.54, 1.807) is 0 Å². The molecule has 3 amide bonds. The van der Waals surface area contributed by atoms with Gasteiger partial charge in [-0.1, -0.05) is 24.1 Å². The lowest BCUT2D eigenvalue weighted by Crippen LogP contribution is -2.31. The first kappa shape index (κ1) is 20.1. The third kappa shape index (κ3) is 4.25. The number of hydrogen-bond donors (Lipinski definition) is 2. The molecule has 3 rings (SSSR count). The molecule has 0 atom stereocenters. The highest BCUT2D eigenvalue weighted by molar-refractivity contribution is 7.17. The van der Waals surface area contributed by atoms with Crippen molar-refractivity contribution in [2.75, 3.05) is 12.4 Å². The molecule has 1 aliphatic carbocycles. The van der Waals surface area contributed by atoms with Crippen LogP contribution in [0.25, 0.3) is 0 Å². The lowest BCUT2D eigenvalue weighted by atomic mass is 10.0. The Morgan fingerprint density at radius 1 is 1.04 bits per heavy atom. The van der Waals surface area contributed by atoms with Gasteiger partial charge in [-0.05, 0) is 56.7 Å². The predicted molar refractivity (Wildman–Crippen MR) is 109 cm³/mol. The minimum absolute atomic E-state index is 0.260. The number of hydrogen-bond acceptors (Lipinski definition) is 5. The molecule has 0 saturated heterocycles. The number of carbonyl (C=O) groups is 3. The Kier molecular flexibility index (Phi) is 6.14. The molecule has 7 heteroatoms. The molecule has 1 heterocycles. The highest BCUT2D eigenvalue weighted by Crippen LogP contribution is 2.37. The highest BCUT2D eigenvalue weighted by Gasteiger charge is 2.27. The topological polar surface area (TPSA) is 84.5 Å². The van der Waals surface area contributed by atoms with Gasteiger partial charge >= 0.3 is 6.09 Å². The number of nitrogens with one attached hydrogen (secondary N) is 2. The third-order valence-electron chi connectivity index (χ3n) is 4.91. The lowest BCUT2D eigenvalue weighted by Gasteiger charge is -2.10. The minimum Gasteiger partial charge on any atom is -0.453 e. The third-order valence-corrected chi connectivity index (χ3v) is 6.12. The summed E-state index contributed by atoms with van der Waals surface area (Å²) in [4.78, 5) is 38.3. The molecule has 0 spiro atoms. The van der Waals surface area contributed by atoms with Gasteiger partial charge in [0.05, 0.1) is 12.7 Å². The van der Waals surface area contributed by atoms with Gasteiger partial charge in [0.25, 0.3) is 11.8 Å². The number of methoxy groups -OCH3 is 1. The summed E-state index contributed by atoms with van der Waals surface area (Å²) >= 11 is 1.43. The second-order valence-electron chi connectivity index (χ2n) is 6.99. The maximum atomic E-state index is 12.9. The molecule has 0 fully saturated rings. The Hall–Kier alpha value is -2.67. The number of carbonyl (C=O) groups excluding carboxylic acids is 3. The SMILES string of the molecule is COC(=O)NC(=O)c1c(NC(=O)c2cc(C)ccc2C)sc2c1CCCCC2. The standard InChI is InChI=1S/C21H24N2O4S/c1-12-9-10-13(2)15(11-12)18(24)22-20-17(19(25)23-21(26)27-3)14-7-5-4-6-8-16(14)28-20/h9-11H,4-8H2,1-3H3,(H,22,24)(H,23,25,26). The first-order valence-corrected chi connectivity index (χ1v) is 10.1. The van der Waals surface area contributed by atoms with Crippen molar-refractivity contribution in [1.29, 1.82) is 0 Å². The Bertz CT molecular complexity index is 933. The van der Waals surface area contributed by atoms with E-state index in [1.807, 2.05) is 32.0 Å². The van der Waals surface area contributed by atoms with Crippen LogP contribution in [-0.4, -0.2) is 25.0 Å². The summed E-state index contributed by atoms with van der Waals surface area (Å²) in [6.07, 6.45) is 3.95. The molecule has 1 aromatic carbocycles. The van der Waals surface area contributed by atoms with Crippen molar-refractivity contribution in [3.63, 3.8) is 0 Å². The van der Waals surface area contributed by atoms with Gasteiger partial charge in [0.15, 0.2) is 0 Å². The molecule has 28 heavy (non-hydrogen) atoms. The molecule has 2 N–H and O–H groups in total. The Morgan fingerprint density at radius 3 is 2.54 bits per heavy atom. The minimum atomic E-state index is -0.814. The molecule has 1 aromatic heterocycles.